The van der Waals surface area contributed by atoms with Gasteiger partial charge in [0.15, 0.2) is 10.9 Å². The second-order valence-corrected chi connectivity index (χ2v) is 6.63. The minimum Gasteiger partial charge on any atom is -0.358 e. The summed E-state index contributed by atoms with van der Waals surface area (Å²) in [5, 5.41) is 12.2. The van der Waals surface area contributed by atoms with Gasteiger partial charge in [-0.05, 0) is 29.4 Å². The molecule has 1 aromatic heterocycles. The van der Waals surface area contributed by atoms with Crippen LogP contribution >= 0.6 is 35.4 Å². The molecule has 0 bridgehead atoms. The summed E-state index contributed by atoms with van der Waals surface area (Å²) in [5.74, 6) is 0.513. The summed E-state index contributed by atoms with van der Waals surface area (Å²) >= 11 is 17.7. The van der Waals surface area contributed by atoms with E-state index in [9.17, 15) is 0 Å². The maximum Gasteiger partial charge on any atom is 0.173 e. The zero-order chi connectivity index (χ0) is 17.6. The lowest BCUT2D eigenvalue weighted by Gasteiger charge is -2.09. The first-order valence-electron chi connectivity index (χ1n) is 7.67. The fourth-order valence-electron chi connectivity index (χ4n) is 2.29. The number of hydrogen-bond donors (Lipinski definition) is 2. The molecule has 128 valence electrons. The average Bonchev–Trinajstić information content (AvgIpc) is 2.95. The molecule has 0 saturated carbocycles. The molecule has 0 aliphatic rings. The topological polar surface area (TPSA) is 41.9 Å². The summed E-state index contributed by atoms with van der Waals surface area (Å²) in [5.41, 5.74) is 2.11. The van der Waals surface area contributed by atoms with Gasteiger partial charge < -0.3 is 10.6 Å². The number of nitrogens with zero attached hydrogens (tertiary/aromatic N) is 2. The molecule has 0 aliphatic carbocycles. The Morgan fingerprint density at radius 3 is 2.48 bits per heavy atom. The fourth-order valence-corrected chi connectivity index (χ4v) is 2.86. The molecular formula is C18H16Cl2N4S. The number of nitrogens with one attached hydrogen (secondary N) is 2. The van der Waals surface area contributed by atoms with E-state index in [2.05, 4.69) is 15.7 Å². The molecule has 0 aliphatic heterocycles. The van der Waals surface area contributed by atoms with E-state index in [0.717, 1.165) is 11.1 Å². The van der Waals surface area contributed by atoms with Crippen molar-refractivity contribution in [1.82, 2.24) is 15.1 Å². The molecule has 0 radical (unpaired) electrons. The summed E-state index contributed by atoms with van der Waals surface area (Å²) in [6.07, 6.45) is 1.74. The minimum absolute atomic E-state index is 0.466. The van der Waals surface area contributed by atoms with Crippen LogP contribution in [0.1, 0.15) is 11.1 Å². The Morgan fingerprint density at radius 2 is 1.72 bits per heavy atom. The number of aromatic nitrogens is 2. The van der Waals surface area contributed by atoms with Crippen LogP contribution in [0.2, 0.25) is 10.0 Å². The minimum atomic E-state index is 0.466. The van der Waals surface area contributed by atoms with Crippen LogP contribution in [0.15, 0.2) is 60.8 Å². The van der Waals surface area contributed by atoms with Gasteiger partial charge in [-0.1, -0.05) is 71.7 Å². The zero-order valence-corrected chi connectivity index (χ0v) is 15.6. The monoisotopic (exact) mass is 390 g/mol. The Kier molecular flexibility index (Phi) is 5.91. The highest BCUT2D eigenvalue weighted by Crippen LogP contribution is 2.22. The first kappa shape index (κ1) is 17.7. The summed E-state index contributed by atoms with van der Waals surface area (Å²) < 4.78 is 1.73. The Labute approximate surface area is 161 Å². The SMILES string of the molecule is S=C(NCc1ccccc1)Nc1nn(Cc2ccccc2Cl)cc1Cl. The number of halogens is 2. The Balaban J connectivity index is 1.60. The van der Waals surface area contributed by atoms with Crippen molar-refractivity contribution in [2.45, 2.75) is 13.1 Å². The maximum atomic E-state index is 6.25. The Bertz CT molecular complexity index is 865. The van der Waals surface area contributed by atoms with Crippen LogP contribution < -0.4 is 10.6 Å². The average molecular weight is 391 g/mol. The van der Waals surface area contributed by atoms with Crippen LogP contribution in [0.5, 0.6) is 0 Å². The van der Waals surface area contributed by atoms with Crippen LogP contribution in [0, 0.1) is 0 Å². The normalized spacial score (nSPS) is 10.5. The van der Waals surface area contributed by atoms with Gasteiger partial charge in [0.1, 0.15) is 5.02 Å². The maximum absolute atomic E-state index is 6.25. The van der Waals surface area contributed by atoms with Crippen molar-refractivity contribution in [2.24, 2.45) is 0 Å². The van der Waals surface area contributed by atoms with Gasteiger partial charge in [0.2, 0.25) is 0 Å². The van der Waals surface area contributed by atoms with E-state index in [1.807, 2.05) is 54.6 Å². The molecule has 25 heavy (non-hydrogen) atoms. The standard InChI is InChI=1S/C18H16Cl2N4S/c19-15-9-5-4-8-14(15)11-24-12-16(20)17(23-24)22-18(25)21-10-13-6-2-1-3-7-13/h1-9,12H,10-11H2,(H2,21,22,23,25). The fraction of sp³-hybridized carbons (Fsp3) is 0.111. The molecule has 1 heterocycles. The third-order valence-corrected chi connectivity index (χ3v) is 4.43. The molecule has 0 amide bonds. The molecule has 3 rings (SSSR count). The molecule has 2 N–H and O–H groups in total. The molecule has 4 nitrogen and oxygen atoms in total. The Hall–Kier alpha value is -2.08. The third-order valence-electron chi connectivity index (χ3n) is 3.54. The van der Waals surface area contributed by atoms with Gasteiger partial charge in [0.25, 0.3) is 0 Å². The number of hydrogen-bond acceptors (Lipinski definition) is 2. The largest absolute Gasteiger partial charge is 0.358 e. The summed E-state index contributed by atoms with van der Waals surface area (Å²) in [6, 6.07) is 17.6. The van der Waals surface area contributed by atoms with Gasteiger partial charge in [-0.3, -0.25) is 4.68 Å². The summed E-state index contributed by atoms with van der Waals surface area (Å²) in [7, 11) is 0. The van der Waals surface area contributed by atoms with E-state index in [1.165, 1.54) is 0 Å². The molecule has 0 saturated heterocycles. The molecule has 0 spiro atoms. The number of rotatable bonds is 5. The van der Waals surface area contributed by atoms with Crippen molar-refractivity contribution in [3.63, 3.8) is 0 Å². The van der Waals surface area contributed by atoms with Gasteiger partial charge in [0, 0.05) is 17.8 Å². The molecule has 7 heteroatoms. The van der Waals surface area contributed by atoms with E-state index in [1.54, 1.807) is 10.9 Å². The van der Waals surface area contributed by atoms with Crippen LogP contribution in [0.25, 0.3) is 0 Å². The smallest absolute Gasteiger partial charge is 0.173 e. The Morgan fingerprint density at radius 1 is 1.00 bits per heavy atom. The van der Waals surface area contributed by atoms with E-state index in [4.69, 9.17) is 35.4 Å². The van der Waals surface area contributed by atoms with Gasteiger partial charge in [0.05, 0.1) is 6.54 Å². The van der Waals surface area contributed by atoms with Gasteiger partial charge in [-0.25, -0.2) is 0 Å². The lowest BCUT2D eigenvalue weighted by molar-refractivity contribution is 0.690. The molecule has 0 unspecified atom stereocenters. The van der Waals surface area contributed by atoms with E-state index >= 15 is 0 Å². The predicted molar refractivity (Wildman–Crippen MR) is 107 cm³/mol. The highest BCUT2D eigenvalue weighted by molar-refractivity contribution is 7.80. The lowest BCUT2D eigenvalue weighted by atomic mass is 10.2. The second-order valence-electron chi connectivity index (χ2n) is 5.41. The highest BCUT2D eigenvalue weighted by atomic mass is 35.5. The van der Waals surface area contributed by atoms with Gasteiger partial charge in [-0.15, -0.1) is 0 Å². The molecule has 0 fully saturated rings. The molecule has 3 aromatic rings. The van der Waals surface area contributed by atoms with E-state index < -0.39 is 0 Å². The quantitative estimate of drug-likeness (QED) is 0.618. The van der Waals surface area contributed by atoms with E-state index in [-0.39, 0.29) is 0 Å². The van der Waals surface area contributed by atoms with Gasteiger partial charge >= 0.3 is 0 Å². The van der Waals surface area contributed by atoms with Crippen molar-refractivity contribution < 1.29 is 0 Å². The molecule has 2 aromatic carbocycles. The first-order valence-corrected chi connectivity index (χ1v) is 8.83. The highest BCUT2D eigenvalue weighted by Gasteiger charge is 2.10. The number of benzene rings is 2. The first-order chi connectivity index (χ1) is 12.1. The van der Waals surface area contributed by atoms with Gasteiger partial charge in [-0.2, -0.15) is 5.10 Å². The van der Waals surface area contributed by atoms with Crippen molar-refractivity contribution in [1.29, 1.82) is 0 Å². The van der Waals surface area contributed by atoms with Crippen molar-refractivity contribution in [2.75, 3.05) is 5.32 Å². The summed E-state index contributed by atoms with van der Waals surface area (Å²) in [4.78, 5) is 0. The van der Waals surface area contributed by atoms with Crippen molar-refractivity contribution in [3.8, 4) is 0 Å². The molecule has 0 atom stereocenters. The third kappa shape index (κ3) is 4.95. The number of anilines is 1. The van der Waals surface area contributed by atoms with Crippen LogP contribution in [-0.4, -0.2) is 14.9 Å². The van der Waals surface area contributed by atoms with Crippen LogP contribution in [0.3, 0.4) is 0 Å². The second kappa shape index (κ2) is 8.34. The molecular weight excluding hydrogens is 375 g/mol. The van der Waals surface area contributed by atoms with E-state index in [0.29, 0.717) is 34.1 Å². The van der Waals surface area contributed by atoms with Crippen molar-refractivity contribution in [3.05, 3.63) is 82.0 Å². The van der Waals surface area contributed by atoms with Crippen LogP contribution in [-0.2, 0) is 13.1 Å². The predicted octanol–water partition coefficient (Wildman–Crippen LogP) is 4.72. The van der Waals surface area contributed by atoms with Crippen LogP contribution in [0.4, 0.5) is 5.82 Å². The number of thiocarbonyl (C=S) groups is 1. The zero-order valence-electron chi connectivity index (χ0n) is 13.2. The van der Waals surface area contributed by atoms with Crippen molar-refractivity contribution >= 4 is 46.4 Å². The lowest BCUT2D eigenvalue weighted by Crippen LogP contribution is -2.28. The summed E-state index contributed by atoms with van der Waals surface area (Å²) in [6.45, 7) is 1.16.